The number of aliphatic carboxylic acids is 1. The minimum Gasteiger partial charge on any atom is -0.491 e. The first-order chi connectivity index (χ1) is 6.93. The van der Waals surface area contributed by atoms with Crippen molar-refractivity contribution in [2.45, 2.75) is 19.4 Å². The van der Waals surface area contributed by atoms with Crippen LogP contribution in [0.4, 0.5) is 0 Å². The van der Waals surface area contributed by atoms with E-state index < -0.39 is 11.5 Å². The van der Waals surface area contributed by atoms with Crippen LogP contribution >= 0.6 is 0 Å². The number of hydrogen-bond donors (Lipinski definition) is 2. The molecule has 82 valence electrons. The topological polar surface area (TPSA) is 72.5 Å². The van der Waals surface area contributed by atoms with Gasteiger partial charge in [0.1, 0.15) is 17.9 Å². The molecule has 4 nitrogen and oxygen atoms in total. The molecule has 0 amide bonds. The molecular weight excluding hydrogens is 194 g/mol. The van der Waals surface area contributed by atoms with Gasteiger partial charge in [-0.2, -0.15) is 0 Å². The lowest BCUT2D eigenvalue weighted by atomic mass is 10.1. The van der Waals surface area contributed by atoms with Crippen molar-refractivity contribution in [3.05, 3.63) is 29.8 Å². The van der Waals surface area contributed by atoms with Crippen molar-refractivity contribution in [3.63, 3.8) is 0 Å². The number of carbonyl (C=O) groups is 1. The molecule has 0 radical (unpaired) electrons. The van der Waals surface area contributed by atoms with Gasteiger partial charge >= 0.3 is 5.97 Å². The van der Waals surface area contributed by atoms with E-state index in [4.69, 9.17) is 15.6 Å². The molecule has 0 aliphatic carbocycles. The van der Waals surface area contributed by atoms with Crippen molar-refractivity contribution >= 4 is 5.97 Å². The van der Waals surface area contributed by atoms with Crippen molar-refractivity contribution in [2.75, 3.05) is 6.61 Å². The maximum absolute atomic E-state index is 10.7. The minimum absolute atomic E-state index is 0.0484. The number of carboxylic acids is 1. The molecule has 1 rings (SSSR count). The highest BCUT2D eigenvalue weighted by Gasteiger charge is 2.28. The van der Waals surface area contributed by atoms with Crippen LogP contribution in [0.15, 0.2) is 24.3 Å². The van der Waals surface area contributed by atoms with Crippen molar-refractivity contribution in [1.29, 1.82) is 0 Å². The first-order valence-corrected chi connectivity index (χ1v) is 4.64. The van der Waals surface area contributed by atoms with Crippen molar-refractivity contribution in [2.24, 2.45) is 5.73 Å². The summed E-state index contributed by atoms with van der Waals surface area (Å²) in [6.45, 7) is 3.27. The molecule has 0 aliphatic rings. The third-order valence-electron chi connectivity index (χ3n) is 2.11. The van der Waals surface area contributed by atoms with Gasteiger partial charge in [0, 0.05) is 0 Å². The molecule has 0 bridgehead atoms. The number of ether oxygens (including phenoxy) is 1. The Kier molecular flexibility index (Phi) is 3.31. The van der Waals surface area contributed by atoms with E-state index >= 15 is 0 Å². The zero-order chi connectivity index (χ0) is 11.5. The number of nitrogens with two attached hydrogens (primary N) is 1. The average molecular weight is 209 g/mol. The van der Waals surface area contributed by atoms with Gasteiger partial charge in [0.05, 0.1) is 0 Å². The lowest BCUT2D eigenvalue weighted by molar-refractivity contribution is -0.143. The number of carboxylic acid groups (broad SMARTS) is 1. The second kappa shape index (κ2) is 4.31. The van der Waals surface area contributed by atoms with Crippen molar-refractivity contribution in [1.82, 2.24) is 0 Å². The number of rotatable bonds is 4. The summed E-state index contributed by atoms with van der Waals surface area (Å²) in [5.74, 6) is -0.411. The lowest BCUT2D eigenvalue weighted by Crippen LogP contribution is -2.50. The molecule has 15 heavy (non-hydrogen) atoms. The predicted octanol–water partition coefficient (Wildman–Crippen LogP) is 1.18. The molecule has 0 aliphatic heterocycles. The highest BCUT2D eigenvalue weighted by Crippen LogP contribution is 2.17. The molecule has 0 aromatic heterocycles. The van der Waals surface area contributed by atoms with E-state index in [0.29, 0.717) is 5.75 Å². The van der Waals surface area contributed by atoms with Crippen LogP contribution in [0.1, 0.15) is 12.5 Å². The minimum atomic E-state index is -1.36. The molecule has 1 atom stereocenters. The number of hydrogen-bond acceptors (Lipinski definition) is 3. The fraction of sp³-hybridized carbons (Fsp3) is 0.364. The van der Waals surface area contributed by atoms with Gasteiger partial charge in [-0.25, -0.2) is 0 Å². The fourth-order valence-corrected chi connectivity index (χ4v) is 1.01. The first-order valence-electron chi connectivity index (χ1n) is 4.64. The maximum atomic E-state index is 10.7. The SMILES string of the molecule is Cc1ccccc1OCC(C)(N)C(=O)O. The normalized spacial score (nSPS) is 14.3. The highest BCUT2D eigenvalue weighted by atomic mass is 16.5. The van der Waals surface area contributed by atoms with Gasteiger partial charge in [0.2, 0.25) is 0 Å². The van der Waals surface area contributed by atoms with Crippen LogP contribution in [-0.4, -0.2) is 23.2 Å². The van der Waals surface area contributed by atoms with Gasteiger partial charge in [0.15, 0.2) is 0 Å². The van der Waals surface area contributed by atoms with E-state index in [1.165, 1.54) is 6.92 Å². The smallest absolute Gasteiger partial charge is 0.326 e. The van der Waals surface area contributed by atoms with Gasteiger partial charge in [-0.1, -0.05) is 18.2 Å². The summed E-state index contributed by atoms with van der Waals surface area (Å²) in [5.41, 5.74) is 5.13. The highest BCUT2D eigenvalue weighted by molar-refractivity contribution is 5.78. The predicted molar refractivity (Wildman–Crippen MR) is 56.9 cm³/mol. The number of para-hydroxylation sites is 1. The molecule has 3 N–H and O–H groups in total. The second-order valence-corrected chi connectivity index (χ2v) is 3.78. The molecular formula is C11H15NO3. The van der Waals surface area contributed by atoms with Crippen LogP contribution in [0.2, 0.25) is 0 Å². The summed E-state index contributed by atoms with van der Waals surface area (Å²) in [6, 6.07) is 7.40. The van der Waals surface area contributed by atoms with Crippen LogP contribution in [0.5, 0.6) is 5.75 Å². The van der Waals surface area contributed by atoms with Crippen LogP contribution in [0.3, 0.4) is 0 Å². The van der Waals surface area contributed by atoms with Crippen LogP contribution in [0, 0.1) is 6.92 Å². The summed E-state index contributed by atoms with van der Waals surface area (Å²) < 4.78 is 5.36. The molecule has 0 fully saturated rings. The Morgan fingerprint density at radius 2 is 2.13 bits per heavy atom. The van der Waals surface area contributed by atoms with Crippen LogP contribution < -0.4 is 10.5 Å². The molecule has 1 unspecified atom stereocenters. The molecule has 0 spiro atoms. The summed E-state index contributed by atoms with van der Waals surface area (Å²) in [5, 5.41) is 8.78. The quantitative estimate of drug-likeness (QED) is 0.780. The molecule has 1 aromatic carbocycles. The summed E-state index contributed by atoms with van der Waals surface area (Å²) in [4.78, 5) is 10.7. The molecule has 1 aromatic rings. The first kappa shape index (κ1) is 11.5. The van der Waals surface area contributed by atoms with Gasteiger partial charge in [0.25, 0.3) is 0 Å². The van der Waals surface area contributed by atoms with E-state index in [1.54, 1.807) is 6.07 Å². The number of benzene rings is 1. The van der Waals surface area contributed by atoms with Crippen LogP contribution in [0.25, 0.3) is 0 Å². The fourth-order valence-electron chi connectivity index (χ4n) is 1.01. The molecule has 0 heterocycles. The van der Waals surface area contributed by atoms with E-state index in [0.717, 1.165) is 5.56 Å². The Bertz CT molecular complexity index is 361. The van der Waals surface area contributed by atoms with Gasteiger partial charge < -0.3 is 15.6 Å². The summed E-state index contributed by atoms with van der Waals surface area (Å²) in [6.07, 6.45) is 0. The van der Waals surface area contributed by atoms with Gasteiger partial charge in [-0.05, 0) is 25.5 Å². The zero-order valence-corrected chi connectivity index (χ0v) is 8.86. The lowest BCUT2D eigenvalue weighted by Gasteiger charge is -2.20. The third-order valence-corrected chi connectivity index (χ3v) is 2.11. The Labute approximate surface area is 88.7 Å². The van der Waals surface area contributed by atoms with E-state index in [9.17, 15) is 4.79 Å². The Balaban J connectivity index is 2.66. The van der Waals surface area contributed by atoms with E-state index in [2.05, 4.69) is 0 Å². The van der Waals surface area contributed by atoms with Gasteiger partial charge in [-0.3, -0.25) is 4.79 Å². The third kappa shape index (κ3) is 2.95. The summed E-state index contributed by atoms with van der Waals surface area (Å²) in [7, 11) is 0. The summed E-state index contributed by atoms with van der Waals surface area (Å²) >= 11 is 0. The van der Waals surface area contributed by atoms with E-state index in [-0.39, 0.29) is 6.61 Å². The molecule has 4 heteroatoms. The Morgan fingerprint density at radius 1 is 1.53 bits per heavy atom. The second-order valence-electron chi connectivity index (χ2n) is 3.78. The van der Waals surface area contributed by atoms with Gasteiger partial charge in [-0.15, -0.1) is 0 Å². The van der Waals surface area contributed by atoms with E-state index in [1.807, 2.05) is 25.1 Å². The van der Waals surface area contributed by atoms with Crippen molar-refractivity contribution < 1.29 is 14.6 Å². The Morgan fingerprint density at radius 3 is 2.67 bits per heavy atom. The standard InChI is InChI=1S/C11H15NO3/c1-8-5-3-4-6-9(8)15-7-11(2,12)10(13)14/h3-6H,7,12H2,1-2H3,(H,13,14). The Hall–Kier alpha value is -1.55. The van der Waals surface area contributed by atoms with Crippen molar-refractivity contribution in [3.8, 4) is 5.75 Å². The monoisotopic (exact) mass is 209 g/mol. The zero-order valence-electron chi connectivity index (χ0n) is 8.86. The maximum Gasteiger partial charge on any atom is 0.326 e. The van der Waals surface area contributed by atoms with Crippen LogP contribution in [-0.2, 0) is 4.79 Å². The largest absolute Gasteiger partial charge is 0.491 e. The molecule has 0 saturated carbocycles. The molecule has 0 saturated heterocycles. The average Bonchev–Trinajstić information content (AvgIpc) is 2.16. The number of aryl methyl sites for hydroxylation is 1.